The molecule has 5 atom stereocenters. The molecule has 2 nitrogen and oxygen atoms in total. The fourth-order valence-corrected chi connectivity index (χ4v) is 3.64. The summed E-state index contributed by atoms with van der Waals surface area (Å²) >= 11 is 0. The molecule has 0 aromatic heterocycles. The van der Waals surface area contributed by atoms with E-state index in [0.717, 1.165) is 30.3 Å². The first kappa shape index (κ1) is 6.44. The lowest BCUT2D eigenvalue weighted by Gasteiger charge is -2.29. The van der Waals surface area contributed by atoms with Crippen LogP contribution in [0.4, 0.5) is 0 Å². The molecule has 5 unspecified atom stereocenters. The normalized spacial score (nSPS) is 59.2. The van der Waals surface area contributed by atoms with E-state index in [-0.39, 0.29) is 0 Å². The van der Waals surface area contributed by atoms with Crippen LogP contribution in [0.25, 0.3) is 0 Å². The Labute approximate surface area is 67.7 Å². The summed E-state index contributed by atoms with van der Waals surface area (Å²) in [4.78, 5) is 2.68. The lowest BCUT2D eigenvalue weighted by atomic mass is 9.76. The molecule has 3 heterocycles. The molecular formula is C9H16N2. The molecule has 1 aliphatic carbocycles. The minimum Gasteiger partial charge on any atom is -0.330 e. The zero-order valence-corrected chi connectivity index (χ0v) is 6.87. The van der Waals surface area contributed by atoms with Crippen molar-refractivity contribution in [1.29, 1.82) is 0 Å². The van der Waals surface area contributed by atoms with Crippen LogP contribution < -0.4 is 5.73 Å². The van der Waals surface area contributed by atoms with Crippen molar-refractivity contribution in [2.45, 2.75) is 18.9 Å². The van der Waals surface area contributed by atoms with E-state index in [0.29, 0.717) is 0 Å². The molecule has 4 bridgehead atoms. The van der Waals surface area contributed by atoms with E-state index >= 15 is 0 Å². The summed E-state index contributed by atoms with van der Waals surface area (Å²) in [6.07, 6.45) is 2.94. The Morgan fingerprint density at radius 2 is 2.18 bits per heavy atom. The third kappa shape index (κ3) is 0.695. The Hall–Kier alpha value is -0.0800. The molecule has 4 aliphatic rings. The molecule has 0 amide bonds. The van der Waals surface area contributed by atoms with Crippen LogP contribution in [0.2, 0.25) is 0 Å². The second-order valence-corrected chi connectivity index (χ2v) is 4.52. The van der Waals surface area contributed by atoms with Crippen molar-refractivity contribution in [2.24, 2.45) is 23.5 Å². The summed E-state index contributed by atoms with van der Waals surface area (Å²) < 4.78 is 0. The average molecular weight is 152 g/mol. The topological polar surface area (TPSA) is 29.3 Å². The first-order valence-corrected chi connectivity index (χ1v) is 4.82. The van der Waals surface area contributed by atoms with Crippen LogP contribution in [-0.4, -0.2) is 30.6 Å². The second kappa shape index (κ2) is 1.99. The van der Waals surface area contributed by atoms with E-state index in [9.17, 15) is 0 Å². The Bertz CT molecular complexity index is 176. The maximum atomic E-state index is 5.78. The fraction of sp³-hybridized carbons (Fsp3) is 1.00. The van der Waals surface area contributed by atoms with Crippen LogP contribution in [0, 0.1) is 17.8 Å². The molecule has 3 saturated heterocycles. The van der Waals surface area contributed by atoms with Crippen molar-refractivity contribution in [2.75, 3.05) is 19.6 Å². The van der Waals surface area contributed by atoms with Crippen molar-refractivity contribution in [1.82, 2.24) is 4.90 Å². The monoisotopic (exact) mass is 152 g/mol. The van der Waals surface area contributed by atoms with E-state index in [1.165, 1.54) is 25.9 Å². The molecule has 62 valence electrons. The van der Waals surface area contributed by atoms with Crippen molar-refractivity contribution in [3.05, 3.63) is 0 Å². The molecule has 2 heteroatoms. The molecule has 3 aliphatic heterocycles. The van der Waals surface area contributed by atoms with Gasteiger partial charge in [-0.25, -0.2) is 0 Å². The fourth-order valence-electron chi connectivity index (χ4n) is 3.64. The van der Waals surface area contributed by atoms with Crippen molar-refractivity contribution < 1.29 is 0 Å². The zero-order valence-electron chi connectivity index (χ0n) is 6.87. The van der Waals surface area contributed by atoms with Gasteiger partial charge in [0.15, 0.2) is 0 Å². The van der Waals surface area contributed by atoms with Gasteiger partial charge in [-0.1, -0.05) is 0 Å². The van der Waals surface area contributed by atoms with Gasteiger partial charge in [-0.15, -0.1) is 0 Å². The lowest BCUT2D eigenvalue weighted by Crippen LogP contribution is -2.33. The quantitative estimate of drug-likeness (QED) is 0.585. The van der Waals surface area contributed by atoms with Gasteiger partial charge in [-0.2, -0.15) is 0 Å². The third-order valence-electron chi connectivity index (χ3n) is 4.01. The second-order valence-electron chi connectivity index (χ2n) is 4.52. The number of rotatable bonds is 1. The molecule has 4 fully saturated rings. The maximum Gasteiger partial charge on any atom is 0.0142 e. The number of hydrogen-bond acceptors (Lipinski definition) is 2. The van der Waals surface area contributed by atoms with E-state index in [1.54, 1.807) is 0 Å². The van der Waals surface area contributed by atoms with E-state index in [2.05, 4.69) is 4.90 Å². The van der Waals surface area contributed by atoms with E-state index < -0.39 is 0 Å². The molecule has 1 saturated carbocycles. The molecular weight excluding hydrogens is 136 g/mol. The van der Waals surface area contributed by atoms with Crippen molar-refractivity contribution in [3.8, 4) is 0 Å². The SMILES string of the molecule is NCC1C2CC3CC1N(C3)C2. The minimum absolute atomic E-state index is 0.855. The smallest absolute Gasteiger partial charge is 0.0142 e. The summed E-state index contributed by atoms with van der Waals surface area (Å²) in [7, 11) is 0. The van der Waals surface area contributed by atoms with Crippen molar-refractivity contribution in [3.63, 3.8) is 0 Å². The van der Waals surface area contributed by atoms with Crippen LogP contribution in [0.3, 0.4) is 0 Å². The van der Waals surface area contributed by atoms with Gasteiger partial charge in [0, 0.05) is 19.1 Å². The highest BCUT2D eigenvalue weighted by Gasteiger charge is 2.51. The van der Waals surface area contributed by atoms with Gasteiger partial charge < -0.3 is 5.73 Å². The van der Waals surface area contributed by atoms with Crippen LogP contribution >= 0.6 is 0 Å². The summed E-state index contributed by atoms with van der Waals surface area (Å²) in [6, 6.07) is 0.892. The number of nitrogens with two attached hydrogens (primary N) is 1. The molecule has 0 spiro atoms. The Morgan fingerprint density at radius 3 is 2.91 bits per heavy atom. The molecule has 0 aromatic rings. The number of piperidine rings is 1. The summed E-state index contributed by atoms with van der Waals surface area (Å²) in [6.45, 7) is 3.68. The molecule has 4 rings (SSSR count). The highest BCUT2D eigenvalue weighted by molar-refractivity contribution is 5.05. The average Bonchev–Trinajstić information content (AvgIpc) is 2.40. The number of nitrogens with zero attached hydrogens (tertiary/aromatic N) is 1. The maximum absolute atomic E-state index is 5.78. The van der Waals surface area contributed by atoms with Crippen LogP contribution in [0.1, 0.15) is 12.8 Å². The lowest BCUT2D eigenvalue weighted by molar-refractivity contribution is 0.238. The summed E-state index contributed by atoms with van der Waals surface area (Å²) in [5, 5.41) is 0. The van der Waals surface area contributed by atoms with Gasteiger partial charge in [-0.3, -0.25) is 4.90 Å². The Kier molecular flexibility index (Phi) is 1.16. The minimum atomic E-state index is 0.855. The molecule has 0 radical (unpaired) electrons. The molecule has 2 N–H and O–H groups in total. The van der Waals surface area contributed by atoms with Gasteiger partial charge in [0.1, 0.15) is 0 Å². The van der Waals surface area contributed by atoms with Gasteiger partial charge in [0.2, 0.25) is 0 Å². The predicted octanol–water partition coefficient (Wildman–Crippen LogP) is 0.285. The number of hydrogen-bond donors (Lipinski definition) is 1. The highest BCUT2D eigenvalue weighted by atomic mass is 15.2. The Balaban J connectivity index is 1.91. The standard InChI is InChI=1S/C9H16N2/c10-3-8-7-1-6-2-9(8)11(4-6)5-7/h6-9H,1-5,10H2. The first-order valence-electron chi connectivity index (χ1n) is 4.82. The third-order valence-corrected chi connectivity index (χ3v) is 4.01. The van der Waals surface area contributed by atoms with Gasteiger partial charge in [0.25, 0.3) is 0 Å². The Morgan fingerprint density at radius 1 is 1.27 bits per heavy atom. The van der Waals surface area contributed by atoms with Crippen LogP contribution in [-0.2, 0) is 0 Å². The largest absolute Gasteiger partial charge is 0.330 e. The highest BCUT2D eigenvalue weighted by Crippen LogP contribution is 2.48. The van der Waals surface area contributed by atoms with Crippen LogP contribution in [0.15, 0.2) is 0 Å². The zero-order chi connectivity index (χ0) is 7.42. The van der Waals surface area contributed by atoms with E-state index in [1.807, 2.05) is 0 Å². The summed E-state index contributed by atoms with van der Waals surface area (Å²) in [5.74, 6) is 2.87. The van der Waals surface area contributed by atoms with Gasteiger partial charge in [0.05, 0.1) is 0 Å². The first-order chi connectivity index (χ1) is 5.38. The molecule has 11 heavy (non-hydrogen) atoms. The van der Waals surface area contributed by atoms with Crippen LogP contribution in [0.5, 0.6) is 0 Å². The van der Waals surface area contributed by atoms with E-state index in [4.69, 9.17) is 5.73 Å². The predicted molar refractivity (Wildman–Crippen MR) is 44.1 cm³/mol. The van der Waals surface area contributed by atoms with Gasteiger partial charge in [-0.05, 0) is 37.1 Å². The molecule has 0 aromatic carbocycles. The van der Waals surface area contributed by atoms with Crippen molar-refractivity contribution >= 4 is 0 Å². The van der Waals surface area contributed by atoms with Gasteiger partial charge >= 0.3 is 0 Å². The summed E-state index contributed by atoms with van der Waals surface area (Å²) in [5.41, 5.74) is 5.78.